The van der Waals surface area contributed by atoms with Gasteiger partial charge in [0.25, 0.3) is 5.91 Å². The number of hydrogen-bond acceptors (Lipinski definition) is 3. The minimum absolute atomic E-state index is 0.0600. The van der Waals surface area contributed by atoms with Gasteiger partial charge in [0.2, 0.25) is 0 Å². The summed E-state index contributed by atoms with van der Waals surface area (Å²) in [6, 6.07) is 4.77. The third-order valence-electron chi connectivity index (χ3n) is 2.33. The predicted molar refractivity (Wildman–Crippen MR) is 77.4 cm³/mol. The van der Waals surface area contributed by atoms with E-state index in [1.807, 2.05) is 0 Å². The fourth-order valence-electron chi connectivity index (χ4n) is 1.33. The fraction of sp³-hybridized carbons (Fsp3) is 0.417. The van der Waals surface area contributed by atoms with E-state index in [4.69, 9.17) is 4.74 Å². The minimum atomic E-state index is -0.139. The summed E-state index contributed by atoms with van der Waals surface area (Å²) in [5.41, 5.74) is 0.457. The zero-order valence-electron chi connectivity index (χ0n) is 10.0. The molecule has 0 aromatic heterocycles. The summed E-state index contributed by atoms with van der Waals surface area (Å²) >= 11 is 6.43. The molecule has 1 N–H and O–H groups in total. The van der Waals surface area contributed by atoms with Crippen LogP contribution in [0.3, 0.4) is 0 Å². The molecule has 0 atom stereocenters. The summed E-state index contributed by atoms with van der Waals surface area (Å²) in [5, 5.41) is 10.3. The topological polar surface area (TPSA) is 49.8 Å². The number of alkyl halides is 1. The van der Waals surface area contributed by atoms with Crippen LogP contribution in [0.5, 0.6) is 5.75 Å². The highest BCUT2D eigenvalue weighted by molar-refractivity contribution is 9.10. The molecule has 0 aliphatic rings. The summed E-state index contributed by atoms with van der Waals surface area (Å²) in [6.07, 6.45) is 0. The van der Waals surface area contributed by atoms with Gasteiger partial charge in [-0.05, 0) is 34.1 Å². The molecular formula is C12H15Br2NO3. The van der Waals surface area contributed by atoms with Crippen LogP contribution in [-0.2, 0) is 4.74 Å². The van der Waals surface area contributed by atoms with Crippen molar-refractivity contribution in [2.24, 2.45) is 0 Å². The van der Waals surface area contributed by atoms with Gasteiger partial charge in [-0.25, -0.2) is 0 Å². The third-order valence-corrected chi connectivity index (χ3v) is 3.33. The second-order valence-corrected chi connectivity index (χ2v) is 5.34. The van der Waals surface area contributed by atoms with Crippen molar-refractivity contribution < 1.29 is 14.6 Å². The highest BCUT2D eigenvalue weighted by Gasteiger charge is 2.12. The highest BCUT2D eigenvalue weighted by atomic mass is 79.9. The van der Waals surface area contributed by atoms with Gasteiger partial charge in [-0.3, -0.25) is 4.79 Å². The molecule has 6 heteroatoms. The van der Waals surface area contributed by atoms with Crippen molar-refractivity contribution in [1.29, 1.82) is 0 Å². The lowest BCUT2D eigenvalue weighted by atomic mass is 10.2. The lowest BCUT2D eigenvalue weighted by Crippen LogP contribution is -2.30. The maximum Gasteiger partial charge on any atom is 0.253 e. The Morgan fingerprint density at radius 3 is 2.78 bits per heavy atom. The van der Waals surface area contributed by atoms with Crippen LogP contribution in [0.2, 0.25) is 0 Å². The number of likely N-dealkylation sites (N-methyl/N-ethyl adjacent to an activating group) is 1. The molecule has 1 aromatic carbocycles. The van der Waals surface area contributed by atoms with E-state index in [2.05, 4.69) is 31.9 Å². The van der Waals surface area contributed by atoms with E-state index >= 15 is 0 Å². The van der Waals surface area contributed by atoms with Gasteiger partial charge in [-0.15, -0.1) is 0 Å². The van der Waals surface area contributed by atoms with Crippen LogP contribution in [0.1, 0.15) is 10.4 Å². The number of amides is 1. The van der Waals surface area contributed by atoms with Gasteiger partial charge in [0.05, 0.1) is 17.7 Å². The molecule has 18 heavy (non-hydrogen) atoms. The first-order chi connectivity index (χ1) is 8.56. The molecule has 0 bridgehead atoms. The normalized spacial score (nSPS) is 10.4. The molecule has 4 nitrogen and oxygen atoms in total. The van der Waals surface area contributed by atoms with Crippen LogP contribution in [0.15, 0.2) is 22.7 Å². The van der Waals surface area contributed by atoms with Gasteiger partial charge >= 0.3 is 0 Å². The number of benzene rings is 1. The van der Waals surface area contributed by atoms with Crippen molar-refractivity contribution in [3.63, 3.8) is 0 Å². The molecule has 0 heterocycles. The van der Waals surface area contributed by atoms with E-state index in [0.29, 0.717) is 29.8 Å². The van der Waals surface area contributed by atoms with Crippen molar-refractivity contribution in [2.75, 3.05) is 32.1 Å². The van der Waals surface area contributed by atoms with Gasteiger partial charge in [0, 0.05) is 24.5 Å². The number of carbonyl (C=O) groups excluding carboxylic acids is 1. The summed E-state index contributed by atoms with van der Waals surface area (Å²) in [5.74, 6) is -0.0787. The molecular weight excluding hydrogens is 366 g/mol. The van der Waals surface area contributed by atoms with Crippen molar-refractivity contribution in [3.05, 3.63) is 28.2 Å². The van der Waals surface area contributed by atoms with E-state index in [1.54, 1.807) is 24.1 Å². The Morgan fingerprint density at radius 2 is 2.17 bits per heavy atom. The zero-order chi connectivity index (χ0) is 13.5. The number of halogens is 2. The number of phenolic OH excluding ortho intramolecular Hbond substituents is 1. The molecule has 0 aliphatic heterocycles. The number of phenols is 1. The molecule has 1 aromatic rings. The Balaban J connectivity index is 2.54. The molecule has 1 amide bonds. The van der Waals surface area contributed by atoms with Gasteiger partial charge in [-0.2, -0.15) is 0 Å². The molecule has 0 saturated carbocycles. The monoisotopic (exact) mass is 379 g/mol. The van der Waals surface area contributed by atoms with Gasteiger partial charge in [0.15, 0.2) is 0 Å². The zero-order valence-corrected chi connectivity index (χ0v) is 13.2. The Bertz CT molecular complexity index is 412. The van der Waals surface area contributed by atoms with Crippen molar-refractivity contribution in [2.45, 2.75) is 0 Å². The highest BCUT2D eigenvalue weighted by Crippen LogP contribution is 2.24. The maximum absolute atomic E-state index is 12.0. The lowest BCUT2D eigenvalue weighted by Gasteiger charge is -2.17. The molecule has 0 fully saturated rings. The lowest BCUT2D eigenvalue weighted by molar-refractivity contribution is 0.0712. The fourth-order valence-corrected chi connectivity index (χ4v) is 1.80. The molecule has 0 spiro atoms. The summed E-state index contributed by atoms with van der Waals surface area (Å²) < 4.78 is 5.86. The molecule has 100 valence electrons. The van der Waals surface area contributed by atoms with Gasteiger partial charge in [0.1, 0.15) is 5.75 Å². The standard InChI is InChI=1S/C12H15Br2NO3/c1-15(5-7-18-6-4-13)12(17)9-2-3-10(14)11(16)8-9/h2-3,8,16H,4-7H2,1H3. The van der Waals surface area contributed by atoms with Gasteiger partial charge < -0.3 is 14.7 Å². The van der Waals surface area contributed by atoms with Crippen LogP contribution in [-0.4, -0.2) is 48.0 Å². The van der Waals surface area contributed by atoms with E-state index < -0.39 is 0 Å². The van der Waals surface area contributed by atoms with Crippen LogP contribution in [0, 0.1) is 0 Å². The Morgan fingerprint density at radius 1 is 1.44 bits per heavy atom. The first-order valence-corrected chi connectivity index (χ1v) is 7.35. The first-order valence-electron chi connectivity index (χ1n) is 5.44. The number of aromatic hydroxyl groups is 1. The molecule has 1 rings (SSSR count). The number of nitrogens with zero attached hydrogens (tertiary/aromatic N) is 1. The van der Waals surface area contributed by atoms with E-state index in [0.717, 1.165) is 5.33 Å². The van der Waals surface area contributed by atoms with E-state index in [-0.39, 0.29) is 11.7 Å². The first kappa shape index (κ1) is 15.5. The van der Waals surface area contributed by atoms with Crippen molar-refractivity contribution >= 4 is 37.8 Å². The largest absolute Gasteiger partial charge is 0.507 e. The smallest absolute Gasteiger partial charge is 0.253 e. The molecule has 0 unspecified atom stereocenters. The van der Waals surface area contributed by atoms with Gasteiger partial charge in [-0.1, -0.05) is 15.9 Å². The number of carbonyl (C=O) groups is 1. The van der Waals surface area contributed by atoms with Crippen LogP contribution in [0.25, 0.3) is 0 Å². The average Bonchev–Trinajstić information content (AvgIpc) is 2.37. The second-order valence-electron chi connectivity index (χ2n) is 3.69. The predicted octanol–water partition coefficient (Wildman–Crippen LogP) is 2.64. The maximum atomic E-state index is 12.0. The van der Waals surface area contributed by atoms with Crippen LogP contribution < -0.4 is 0 Å². The SMILES string of the molecule is CN(CCOCCBr)C(=O)c1ccc(Br)c(O)c1. The van der Waals surface area contributed by atoms with Crippen LogP contribution >= 0.6 is 31.9 Å². The minimum Gasteiger partial charge on any atom is -0.507 e. The quantitative estimate of drug-likeness (QED) is 0.609. The second kappa shape index (κ2) is 7.76. The third kappa shape index (κ3) is 4.59. The number of hydrogen-bond donors (Lipinski definition) is 1. The van der Waals surface area contributed by atoms with Crippen molar-refractivity contribution in [1.82, 2.24) is 4.90 Å². The summed E-state index contributed by atoms with van der Waals surface area (Å²) in [6.45, 7) is 1.64. The number of rotatable bonds is 6. The van der Waals surface area contributed by atoms with E-state index in [9.17, 15) is 9.90 Å². The number of ether oxygens (including phenoxy) is 1. The molecule has 0 radical (unpaired) electrons. The Kier molecular flexibility index (Phi) is 6.67. The molecule has 0 aliphatic carbocycles. The summed E-state index contributed by atoms with van der Waals surface area (Å²) in [7, 11) is 1.71. The molecule has 0 saturated heterocycles. The average molecular weight is 381 g/mol. The Labute approximate surface area is 123 Å². The van der Waals surface area contributed by atoms with Crippen LogP contribution in [0.4, 0.5) is 0 Å². The van der Waals surface area contributed by atoms with Crippen molar-refractivity contribution in [3.8, 4) is 5.75 Å². The van der Waals surface area contributed by atoms with E-state index in [1.165, 1.54) is 6.07 Å². The summed E-state index contributed by atoms with van der Waals surface area (Å²) in [4.78, 5) is 13.6. The Hall–Kier alpha value is -0.590.